The normalized spacial score (nSPS) is 14.2. The number of hydrogen-bond acceptors (Lipinski definition) is 4. The molecule has 0 atom stereocenters. The third kappa shape index (κ3) is 3.47. The number of nitrogens with two attached hydrogens (primary N) is 1. The van der Waals surface area contributed by atoms with Crippen molar-refractivity contribution in [3.63, 3.8) is 0 Å². The molecule has 5 nitrogen and oxygen atoms in total. The number of amides is 1. The molecule has 0 aromatic carbocycles. The minimum Gasteiger partial charge on any atom is -0.393 e. The van der Waals surface area contributed by atoms with Crippen molar-refractivity contribution in [2.24, 2.45) is 5.73 Å². The molecule has 102 valence electrons. The molecule has 0 unspecified atom stereocenters. The Kier molecular flexibility index (Phi) is 4.09. The summed E-state index contributed by atoms with van der Waals surface area (Å²) >= 11 is 4.89. The Balaban J connectivity index is 2.18. The molecule has 6 heteroatoms. The molecule has 1 aromatic heterocycles. The Morgan fingerprint density at radius 3 is 2.74 bits per heavy atom. The van der Waals surface area contributed by atoms with Crippen LogP contribution in [0.3, 0.4) is 0 Å². The SMILES string of the molecule is Cc1cc(C(=O)N(CCC(N)=S)C2CC2)c(C)nn1. The van der Waals surface area contributed by atoms with Crippen LogP contribution in [0.4, 0.5) is 0 Å². The summed E-state index contributed by atoms with van der Waals surface area (Å²) in [5, 5.41) is 7.96. The van der Waals surface area contributed by atoms with Crippen LogP contribution in [-0.2, 0) is 0 Å². The van der Waals surface area contributed by atoms with E-state index >= 15 is 0 Å². The van der Waals surface area contributed by atoms with E-state index in [4.69, 9.17) is 18.0 Å². The fourth-order valence-corrected chi connectivity index (χ4v) is 2.08. The molecule has 1 aliphatic rings. The first kappa shape index (κ1) is 13.9. The van der Waals surface area contributed by atoms with E-state index in [9.17, 15) is 4.79 Å². The van der Waals surface area contributed by atoms with Gasteiger partial charge in [0.25, 0.3) is 5.91 Å². The van der Waals surface area contributed by atoms with Gasteiger partial charge in [0.2, 0.25) is 0 Å². The zero-order valence-corrected chi connectivity index (χ0v) is 12.0. The van der Waals surface area contributed by atoms with E-state index in [2.05, 4.69) is 10.2 Å². The van der Waals surface area contributed by atoms with Gasteiger partial charge in [-0.2, -0.15) is 10.2 Å². The van der Waals surface area contributed by atoms with Crippen molar-refractivity contribution < 1.29 is 4.79 Å². The van der Waals surface area contributed by atoms with Crippen molar-refractivity contribution >= 4 is 23.1 Å². The van der Waals surface area contributed by atoms with E-state index < -0.39 is 0 Å². The minimum absolute atomic E-state index is 0.00856. The fourth-order valence-electron chi connectivity index (χ4n) is 1.99. The van der Waals surface area contributed by atoms with E-state index in [1.165, 1.54) is 0 Å². The van der Waals surface area contributed by atoms with E-state index in [1.54, 1.807) is 13.0 Å². The lowest BCUT2D eigenvalue weighted by Crippen LogP contribution is -2.36. The molecule has 0 spiro atoms. The highest BCUT2D eigenvalue weighted by molar-refractivity contribution is 7.80. The minimum atomic E-state index is 0.00856. The van der Waals surface area contributed by atoms with Gasteiger partial charge in [-0.05, 0) is 32.8 Å². The topological polar surface area (TPSA) is 72.1 Å². The summed E-state index contributed by atoms with van der Waals surface area (Å²) in [7, 11) is 0. The molecule has 1 fully saturated rings. The zero-order valence-electron chi connectivity index (χ0n) is 11.2. The standard InChI is InChI=1S/C13H18N4OS/c1-8-7-11(9(2)16-15-8)13(18)17(10-3-4-10)6-5-12(14)19/h7,10H,3-6H2,1-2H3,(H2,14,19). The van der Waals surface area contributed by atoms with Crippen molar-refractivity contribution in [3.8, 4) is 0 Å². The van der Waals surface area contributed by atoms with Gasteiger partial charge < -0.3 is 10.6 Å². The van der Waals surface area contributed by atoms with Crippen LogP contribution in [0.25, 0.3) is 0 Å². The predicted molar refractivity (Wildman–Crippen MR) is 77.0 cm³/mol. The highest BCUT2D eigenvalue weighted by atomic mass is 32.1. The highest BCUT2D eigenvalue weighted by Crippen LogP contribution is 2.28. The molecular formula is C13H18N4OS. The first-order valence-electron chi connectivity index (χ1n) is 6.39. The van der Waals surface area contributed by atoms with Gasteiger partial charge in [-0.3, -0.25) is 4.79 Å². The monoisotopic (exact) mass is 278 g/mol. The lowest BCUT2D eigenvalue weighted by Gasteiger charge is -2.22. The molecule has 0 radical (unpaired) electrons. The number of rotatable bonds is 5. The van der Waals surface area contributed by atoms with Crippen molar-refractivity contribution in [1.82, 2.24) is 15.1 Å². The predicted octanol–water partition coefficient (Wildman–Crippen LogP) is 1.37. The van der Waals surface area contributed by atoms with Crippen LogP contribution in [0, 0.1) is 13.8 Å². The van der Waals surface area contributed by atoms with Gasteiger partial charge in [-0.25, -0.2) is 0 Å². The number of nitrogens with zero attached hydrogens (tertiary/aromatic N) is 3. The summed E-state index contributed by atoms with van der Waals surface area (Å²) in [4.78, 5) is 14.9. The van der Waals surface area contributed by atoms with Gasteiger partial charge in [0, 0.05) is 19.0 Å². The third-order valence-electron chi connectivity index (χ3n) is 3.18. The number of carbonyl (C=O) groups excluding carboxylic acids is 1. The van der Waals surface area contributed by atoms with E-state index in [1.807, 2.05) is 11.8 Å². The molecule has 1 aliphatic carbocycles. The van der Waals surface area contributed by atoms with Crippen molar-refractivity contribution in [1.29, 1.82) is 0 Å². The first-order chi connectivity index (χ1) is 8.99. The Labute approximate surface area is 118 Å². The molecule has 19 heavy (non-hydrogen) atoms. The van der Waals surface area contributed by atoms with E-state index in [-0.39, 0.29) is 5.91 Å². The highest BCUT2D eigenvalue weighted by Gasteiger charge is 2.33. The van der Waals surface area contributed by atoms with Crippen LogP contribution >= 0.6 is 12.2 Å². The second kappa shape index (κ2) is 5.61. The number of aryl methyl sites for hydroxylation is 2. The molecule has 1 saturated carbocycles. The zero-order chi connectivity index (χ0) is 14.0. The van der Waals surface area contributed by atoms with Crippen molar-refractivity contribution in [2.75, 3.05) is 6.54 Å². The maximum absolute atomic E-state index is 12.6. The smallest absolute Gasteiger partial charge is 0.256 e. The Morgan fingerprint density at radius 1 is 1.47 bits per heavy atom. The van der Waals surface area contributed by atoms with E-state index in [0.717, 1.165) is 18.5 Å². The molecule has 0 bridgehead atoms. The van der Waals surface area contributed by atoms with Crippen LogP contribution in [0.15, 0.2) is 6.07 Å². The van der Waals surface area contributed by atoms with Crippen molar-refractivity contribution in [3.05, 3.63) is 23.0 Å². The Bertz CT molecular complexity index is 513. The quantitative estimate of drug-likeness (QED) is 0.824. The molecule has 2 rings (SSSR count). The molecule has 0 saturated heterocycles. The van der Waals surface area contributed by atoms with Crippen LogP contribution in [0.1, 0.15) is 41.0 Å². The van der Waals surface area contributed by atoms with Gasteiger partial charge in [-0.1, -0.05) is 12.2 Å². The van der Waals surface area contributed by atoms with Gasteiger partial charge in [0.15, 0.2) is 0 Å². The van der Waals surface area contributed by atoms with Crippen LogP contribution in [-0.4, -0.2) is 38.6 Å². The lowest BCUT2D eigenvalue weighted by molar-refractivity contribution is 0.0746. The van der Waals surface area contributed by atoms with Gasteiger partial charge in [0.05, 0.1) is 21.9 Å². The molecule has 1 amide bonds. The van der Waals surface area contributed by atoms with Crippen LogP contribution in [0.2, 0.25) is 0 Å². The summed E-state index contributed by atoms with van der Waals surface area (Å²) in [5.74, 6) is 0.00856. The van der Waals surface area contributed by atoms with Gasteiger partial charge in [0.1, 0.15) is 0 Å². The van der Waals surface area contributed by atoms with E-state index in [0.29, 0.717) is 35.3 Å². The first-order valence-corrected chi connectivity index (χ1v) is 6.80. The maximum atomic E-state index is 12.6. The molecule has 0 aliphatic heterocycles. The summed E-state index contributed by atoms with van der Waals surface area (Å²) in [6.45, 7) is 4.22. The molecule has 1 aromatic rings. The molecule has 2 N–H and O–H groups in total. The van der Waals surface area contributed by atoms with Crippen molar-refractivity contribution in [2.45, 2.75) is 39.2 Å². The summed E-state index contributed by atoms with van der Waals surface area (Å²) in [6, 6.07) is 2.12. The molecule has 1 heterocycles. The maximum Gasteiger partial charge on any atom is 0.256 e. The van der Waals surface area contributed by atoms with Gasteiger partial charge >= 0.3 is 0 Å². The van der Waals surface area contributed by atoms with Gasteiger partial charge in [-0.15, -0.1) is 0 Å². The average molecular weight is 278 g/mol. The summed E-state index contributed by atoms with van der Waals surface area (Å²) in [6.07, 6.45) is 2.67. The lowest BCUT2D eigenvalue weighted by atomic mass is 10.1. The third-order valence-corrected chi connectivity index (χ3v) is 3.38. The largest absolute Gasteiger partial charge is 0.393 e. The van der Waals surface area contributed by atoms with Crippen LogP contribution in [0.5, 0.6) is 0 Å². The second-order valence-electron chi connectivity index (χ2n) is 4.93. The fraction of sp³-hybridized carbons (Fsp3) is 0.538. The summed E-state index contributed by atoms with van der Waals surface area (Å²) < 4.78 is 0. The average Bonchev–Trinajstić information content (AvgIpc) is 3.16. The summed E-state index contributed by atoms with van der Waals surface area (Å²) in [5.41, 5.74) is 7.57. The van der Waals surface area contributed by atoms with Crippen LogP contribution < -0.4 is 5.73 Å². The number of thiocarbonyl (C=S) groups is 1. The Hall–Kier alpha value is -1.56. The second-order valence-corrected chi connectivity index (χ2v) is 5.46. The number of carbonyl (C=O) groups is 1. The number of aromatic nitrogens is 2. The molecular weight excluding hydrogens is 260 g/mol. The number of hydrogen-bond donors (Lipinski definition) is 1. The Morgan fingerprint density at radius 2 is 2.16 bits per heavy atom.